The molecule has 88 valence electrons. The molecule has 1 aromatic heterocycles. The normalized spacial score (nSPS) is 14.2. The van der Waals surface area contributed by atoms with Crippen LogP contribution < -0.4 is 4.74 Å². The van der Waals surface area contributed by atoms with Gasteiger partial charge in [-0.15, -0.1) is 0 Å². The quantitative estimate of drug-likeness (QED) is 0.620. The molecule has 0 radical (unpaired) electrons. The van der Waals surface area contributed by atoms with Crippen molar-refractivity contribution in [2.24, 2.45) is 0 Å². The lowest BCUT2D eigenvalue weighted by atomic mass is 10.0. The van der Waals surface area contributed by atoms with Crippen LogP contribution in [-0.2, 0) is 0 Å². The van der Waals surface area contributed by atoms with E-state index in [0.717, 1.165) is 0 Å². The molecule has 0 aliphatic rings. The predicted molar refractivity (Wildman–Crippen MR) is 57.5 cm³/mol. The Balaban J connectivity index is 3.25. The van der Waals surface area contributed by atoms with Gasteiger partial charge in [0.2, 0.25) is 5.88 Å². The van der Waals surface area contributed by atoms with Gasteiger partial charge in [-0.2, -0.15) is 0 Å². The lowest BCUT2D eigenvalue weighted by Crippen LogP contribution is -2.14. The number of aliphatic hydroxyl groups excluding tert-OH is 1. The minimum atomic E-state index is -0.710. The van der Waals surface area contributed by atoms with Gasteiger partial charge in [-0.25, -0.2) is 4.98 Å². The first-order valence-corrected chi connectivity index (χ1v) is 4.84. The summed E-state index contributed by atoms with van der Waals surface area (Å²) in [5.74, 6) is -0.122. The van der Waals surface area contributed by atoms with E-state index in [1.54, 1.807) is 13.8 Å². The summed E-state index contributed by atoms with van der Waals surface area (Å²) in [4.78, 5) is 14.3. The lowest BCUT2D eigenvalue weighted by Gasteiger charge is -2.14. The monoisotopic (exact) mass is 226 g/mol. The highest BCUT2D eigenvalue weighted by Gasteiger charge is 2.24. The van der Waals surface area contributed by atoms with Crippen molar-refractivity contribution < 1.29 is 14.8 Å². The molecule has 2 unspecified atom stereocenters. The van der Waals surface area contributed by atoms with E-state index < -0.39 is 16.9 Å². The number of nitro groups is 1. The van der Waals surface area contributed by atoms with Crippen molar-refractivity contribution in [3.05, 3.63) is 27.9 Å². The molecule has 1 aromatic rings. The maximum atomic E-state index is 10.8. The van der Waals surface area contributed by atoms with E-state index in [4.69, 9.17) is 4.74 Å². The third-order valence-corrected chi connectivity index (χ3v) is 2.44. The van der Waals surface area contributed by atoms with E-state index in [2.05, 4.69) is 4.98 Å². The SMILES string of the molecule is COc1ccc([N+](=O)[O-])c(C(C)C(C)O)n1. The standard InChI is InChI=1S/C10H14N2O4/c1-6(7(2)13)10-8(12(14)15)4-5-9(11-10)16-3/h4-7,13H,1-3H3. The minimum Gasteiger partial charge on any atom is -0.481 e. The van der Waals surface area contributed by atoms with Crippen molar-refractivity contribution in [2.75, 3.05) is 7.11 Å². The molecule has 6 nitrogen and oxygen atoms in total. The first kappa shape index (κ1) is 12.4. The van der Waals surface area contributed by atoms with Gasteiger partial charge in [0.05, 0.1) is 18.1 Å². The number of rotatable bonds is 4. The van der Waals surface area contributed by atoms with E-state index in [1.807, 2.05) is 0 Å². The molecule has 0 fully saturated rings. The highest BCUT2D eigenvalue weighted by molar-refractivity contribution is 5.40. The fourth-order valence-corrected chi connectivity index (χ4v) is 1.28. The summed E-state index contributed by atoms with van der Waals surface area (Å²) >= 11 is 0. The zero-order valence-corrected chi connectivity index (χ0v) is 9.38. The molecule has 0 saturated carbocycles. The van der Waals surface area contributed by atoms with E-state index >= 15 is 0 Å². The fraction of sp³-hybridized carbons (Fsp3) is 0.500. The zero-order chi connectivity index (χ0) is 12.3. The van der Waals surface area contributed by atoms with Gasteiger partial charge in [0.25, 0.3) is 5.69 Å². The number of pyridine rings is 1. The Bertz CT molecular complexity index is 392. The number of aromatic nitrogens is 1. The Kier molecular flexibility index (Phi) is 3.78. The smallest absolute Gasteiger partial charge is 0.291 e. The van der Waals surface area contributed by atoms with Gasteiger partial charge >= 0.3 is 0 Å². The molecule has 0 bridgehead atoms. The highest BCUT2D eigenvalue weighted by Crippen LogP contribution is 2.28. The molecule has 6 heteroatoms. The topological polar surface area (TPSA) is 85.5 Å². The number of ether oxygens (including phenoxy) is 1. The molecule has 0 aromatic carbocycles. The molecule has 0 amide bonds. The Hall–Kier alpha value is -1.69. The van der Waals surface area contributed by atoms with Gasteiger partial charge in [-0.05, 0) is 6.92 Å². The average Bonchev–Trinajstić information content (AvgIpc) is 2.26. The van der Waals surface area contributed by atoms with E-state index in [9.17, 15) is 15.2 Å². The highest BCUT2D eigenvalue weighted by atomic mass is 16.6. The first-order chi connectivity index (χ1) is 7.47. The molecule has 1 N–H and O–H groups in total. The van der Waals surface area contributed by atoms with Gasteiger partial charge in [0.1, 0.15) is 5.69 Å². The average molecular weight is 226 g/mol. The van der Waals surface area contributed by atoms with E-state index in [0.29, 0.717) is 5.88 Å². The first-order valence-electron chi connectivity index (χ1n) is 4.84. The maximum Gasteiger partial charge on any atom is 0.291 e. The Morgan fingerprint density at radius 2 is 2.12 bits per heavy atom. The van der Waals surface area contributed by atoms with Crippen LogP contribution in [-0.4, -0.2) is 28.2 Å². The molecule has 0 aliphatic carbocycles. The van der Waals surface area contributed by atoms with Gasteiger partial charge in [-0.1, -0.05) is 6.92 Å². The third-order valence-electron chi connectivity index (χ3n) is 2.44. The molecule has 0 saturated heterocycles. The van der Waals surface area contributed by atoms with Crippen molar-refractivity contribution in [3.63, 3.8) is 0 Å². The summed E-state index contributed by atoms with van der Waals surface area (Å²) in [5, 5.41) is 20.2. The third kappa shape index (κ3) is 2.46. The van der Waals surface area contributed by atoms with Crippen LogP contribution in [0.3, 0.4) is 0 Å². The van der Waals surface area contributed by atoms with Gasteiger partial charge in [0, 0.05) is 18.1 Å². The second kappa shape index (κ2) is 4.89. The molecule has 1 rings (SSSR count). The molecule has 2 atom stereocenters. The number of hydrogen-bond donors (Lipinski definition) is 1. The molecular formula is C10H14N2O4. The zero-order valence-electron chi connectivity index (χ0n) is 9.38. The van der Waals surface area contributed by atoms with Crippen LogP contribution in [0.25, 0.3) is 0 Å². The maximum absolute atomic E-state index is 10.8. The summed E-state index contributed by atoms with van der Waals surface area (Å²) in [6.07, 6.45) is -0.710. The van der Waals surface area contributed by atoms with Crippen molar-refractivity contribution in [1.29, 1.82) is 0 Å². The van der Waals surface area contributed by atoms with Crippen molar-refractivity contribution in [3.8, 4) is 5.88 Å². The van der Waals surface area contributed by atoms with Gasteiger partial charge in [-0.3, -0.25) is 10.1 Å². The van der Waals surface area contributed by atoms with Gasteiger partial charge < -0.3 is 9.84 Å². The van der Waals surface area contributed by atoms with Crippen molar-refractivity contribution in [2.45, 2.75) is 25.9 Å². The molecule has 1 heterocycles. The summed E-state index contributed by atoms with van der Waals surface area (Å²) in [5.41, 5.74) is 0.133. The Morgan fingerprint density at radius 1 is 1.50 bits per heavy atom. The molecule has 0 aliphatic heterocycles. The summed E-state index contributed by atoms with van der Waals surface area (Å²) in [7, 11) is 1.44. The Labute approximate surface area is 93.0 Å². The van der Waals surface area contributed by atoms with Crippen LogP contribution in [0.5, 0.6) is 5.88 Å². The van der Waals surface area contributed by atoms with Crippen LogP contribution in [0, 0.1) is 10.1 Å². The van der Waals surface area contributed by atoms with Crippen molar-refractivity contribution in [1.82, 2.24) is 4.98 Å². The number of hydrogen-bond acceptors (Lipinski definition) is 5. The van der Waals surface area contributed by atoms with Crippen LogP contribution >= 0.6 is 0 Å². The second-order valence-electron chi connectivity index (χ2n) is 3.54. The van der Waals surface area contributed by atoms with Crippen LogP contribution in [0.15, 0.2) is 12.1 Å². The second-order valence-corrected chi connectivity index (χ2v) is 3.54. The van der Waals surface area contributed by atoms with E-state index in [1.165, 1.54) is 19.2 Å². The summed E-state index contributed by atoms with van der Waals surface area (Å²) in [6.45, 7) is 3.25. The number of methoxy groups -OCH3 is 1. The fourth-order valence-electron chi connectivity index (χ4n) is 1.28. The van der Waals surface area contributed by atoms with Crippen LogP contribution in [0.1, 0.15) is 25.5 Å². The largest absolute Gasteiger partial charge is 0.481 e. The number of aliphatic hydroxyl groups is 1. The van der Waals surface area contributed by atoms with Crippen LogP contribution in [0.4, 0.5) is 5.69 Å². The Morgan fingerprint density at radius 3 is 2.56 bits per heavy atom. The molecular weight excluding hydrogens is 212 g/mol. The van der Waals surface area contributed by atoms with Crippen LogP contribution in [0.2, 0.25) is 0 Å². The van der Waals surface area contributed by atoms with E-state index in [-0.39, 0.29) is 11.4 Å². The molecule has 0 spiro atoms. The van der Waals surface area contributed by atoms with Gasteiger partial charge in [0.15, 0.2) is 0 Å². The minimum absolute atomic E-state index is 0.103. The van der Waals surface area contributed by atoms with Crippen molar-refractivity contribution >= 4 is 5.69 Å². The predicted octanol–water partition coefficient (Wildman–Crippen LogP) is 1.48. The summed E-state index contributed by atoms with van der Waals surface area (Å²) < 4.78 is 4.90. The lowest BCUT2D eigenvalue weighted by molar-refractivity contribution is -0.386. The number of nitrogens with zero attached hydrogens (tertiary/aromatic N) is 2. The molecule has 16 heavy (non-hydrogen) atoms. The summed E-state index contributed by atoms with van der Waals surface area (Å²) in [6, 6.07) is 2.76.